The van der Waals surface area contributed by atoms with Crippen molar-refractivity contribution in [1.29, 1.82) is 0 Å². The Bertz CT molecular complexity index is 539. The van der Waals surface area contributed by atoms with Gasteiger partial charge < -0.3 is 14.8 Å². The molecule has 0 spiro atoms. The summed E-state index contributed by atoms with van der Waals surface area (Å²) >= 11 is 0. The van der Waals surface area contributed by atoms with Crippen molar-refractivity contribution in [2.24, 2.45) is 5.92 Å². The zero-order valence-electron chi connectivity index (χ0n) is 13.6. The van der Waals surface area contributed by atoms with Gasteiger partial charge in [0.05, 0.1) is 14.2 Å². The highest BCUT2D eigenvalue weighted by Gasteiger charge is 2.21. The van der Waals surface area contributed by atoms with E-state index in [0.717, 1.165) is 12.0 Å². The molecule has 1 N–H and O–H groups in total. The maximum atomic E-state index is 12.1. The molecule has 1 aromatic carbocycles. The van der Waals surface area contributed by atoms with Gasteiger partial charge in [0.15, 0.2) is 11.5 Å². The highest BCUT2D eigenvalue weighted by molar-refractivity contribution is 5.92. The van der Waals surface area contributed by atoms with Crippen molar-refractivity contribution >= 4 is 12.0 Å². The molecule has 4 nitrogen and oxygen atoms in total. The summed E-state index contributed by atoms with van der Waals surface area (Å²) in [6.07, 6.45) is 8.14. The molecule has 0 bridgehead atoms. The van der Waals surface area contributed by atoms with Crippen LogP contribution in [-0.2, 0) is 4.79 Å². The smallest absolute Gasteiger partial charge is 0.244 e. The van der Waals surface area contributed by atoms with E-state index in [4.69, 9.17) is 9.47 Å². The normalized spacial score (nSPS) is 21.6. The first-order valence-corrected chi connectivity index (χ1v) is 7.84. The standard InChI is InChI=1S/C18H25NO3/c1-13-6-4-5-7-15(13)19-18(20)11-9-14-8-10-16(21-2)17(12-14)22-3/h8-13,15H,4-7H2,1-3H3,(H,19,20)/b11-9+/t13-,15+/m0/s1. The number of nitrogens with one attached hydrogen (secondary N) is 1. The highest BCUT2D eigenvalue weighted by atomic mass is 16.5. The Kier molecular flexibility index (Phi) is 5.87. The molecule has 4 heteroatoms. The van der Waals surface area contributed by atoms with Gasteiger partial charge in [-0.25, -0.2) is 0 Å². The van der Waals surface area contributed by atoms with Crippen molar-refractivity contribution in [2.45, 2.75) is 38.6 Å². The summed E-state index contributed by atoms with van der Waals surface area (Å²) in [5, 5.41) is 3.11. The molecule has 0 aromatic heterocycles. The molecule has 0 heterocycles. The van der Waals surface area contributed by atoms with E-state index in [-0.39, 0.29) is 5.91 Å². The molecule has 1 amide bonds. The van der Waals surface area contributed by atoms with Gasteiger partial charge in [0.2, 0.25) is 5.91 Å². The number of ether oxygens (including phenoxy) is 2. The number of rotatable bonds is 5. The quantitative estimate of drug-likeness (QED) is 0.848. The summed E-state index contributed by atoms with van der Waals surface area (Å²) in [6, 6.07) is 5.89. The Morgan fingerprint density at radius 3 is 2.59 bits per heavy atom. The zero-order chi connectivity index (χ0) is 15.9. The molecule has 1 aliphatic rings. The molecule has 120 valence electrons. The summed E-state index contributed by atoms with van der Waals surface area (Å²) in [6.45, 7) is 2.21. The van der Waals surface area contributed by atoms with Gasteiger partial charge in [0.25, 0.3) is 0 Å². The van der Waals surface area contributed by atoms with Crippen LogP contribution in [0.3, 0.4) is 0 Å². The first-order chi connectivity index (χ1) is 10.6. The number of benzene rings is 1. The number of carbonyl (C=O) groups is 1. The first-order valence-electron chi connectivity index (χ1n) is 7.84. The molecule has 0 unspecified atom stereocenters. The molecular formula is C18H25NO3. The van der Waals surface area contributed by atoms with E-state index in [2.05, 4.69) is 12.2 Å². The van der Waals surface area contributed by atoms with Crippen LogP contribution in [-0.4, -0.2) is 26.2 Å². The van der Waals surface area contributed by atoms with Gasteiger partial charge in [-0.2, -0.15) is 0 Å². The van der Waals surface area contributed by atoms with Crippen LogP contribution in [0, 0.1) is 5.92 Å². The lowest BCUT2D eigenvalue weighted by atomic mass is 9.86. The topological polar surface area (TPSA) is 47.6 Å². The molecule has 1 fully saturated rings. The van der Waals surface area contributed by atoms with Gasteiger partial charge in [-0.3, -0.25) is 4.79 Å². The number of hydrogen-bond donors (Lipinski definition) is 1. The maximum absolute atomic E-state index is 12.1. The third-order valence-corrected chi connectivity index (χ3v) is 4.27. The lowest BCUT2D eigenvalue weighted by Crippen LogP contribution is -2.40. The van der Waals surface area contributed by atoms with Crippen molar-refractivity contribution in [3.63, 3.8) is 0 Å². The first kappa shape index (κ1) is 16.4. The molecule has 0 saturated heterocycles. The average molecular weight is 303 g/mol. The average Bonchev–Trinajstić information content (AvgIpc) is 2.54. The number of hydrogen-bond acceptors (Lipinski definition) is 3. The summed E-state index contributed by atoms with van der Waals surface area (Å²) in [5.74, 6) is 1.87. The molecule has 0 aliphatic heterocycles. The number of amides is 1. The van der Waals surface area contributed by atoms with Gasteiger partial charge in [-0.05, 0) is 42.5 Å². The van der Waals surface area contributed by atoms with Crippen molar-refractivity contribution in [3.05, 3.63) is 29.8 Å². The summed E-state index contributed by atoms with van der Waals surface area (Å²) < 4.78 is 10.5. The van der Waals surface area contributed by atoms with Crippen LogP contribution in [0.1, 0.15) is 38.2 Å². The number of methoxy groups -OCH3 is 2. The molecule has 0 radical (unpaired) electrons. The van der Waals surface area contributed by atoms with E-state index in [1.54, 1.807) is 26.4 Å². The van der Waals surface area contributed by atoms with Crippen LogP contribution in [0.2, 0.25) is 0 Å². The Morgan fingerprint density at radius 1 is 1.18 bits per heavy atom. The zero-order valence-corrected chi connectivity index (χ0v) is 13.6. The van der Waals surface area contributed by atoms with Crippen molar-refractivity contribution in [1.82, 2.24) is 5.32 Å². The van der Waals surface area contributed by atoms with Crippen LogP contribution in [0.4, 0.5) is 0 Å². The minimum absolute atomic E-state index is 0.0338. The van der Waals surface area contributed by atoms with E-state index in [9.17, 15) is 4.79 Å². The SMILES string of the molecule is COc1ccc(/C=C/C(=O)N[C@@H]2CCCC[C@@H]2C)cc1OC. The third-order valence-electron chi connectivity index (χ3n) is 4.27. The van der Waals surface area contributed by atoms with Crippen molar-refractivity contribution in [3.8, 4) is 11.5 Å². The van der Waals surface area contributed by atoms with E-state index in [1.807, 2.05) is 18.2 Å². The predicted octanol–water partition coefficient (Wildman–Crippen LogP) is 3.41. The fourth-order valence-electron chi connectivity index (χ4n) is 2.89. The maximum Gasteiger partial charge on any atom is 0.244 e. The van der Waals surface area contributed by atoms with Gasteiger partial charge in [-0.1, -0.05) is 25.8 Å². The molecule has 2 atom stereocenters. The van der Waals surface area contributed by atoms with Crippen LogP contribution in [0.15, 0.2) is 24.3 Å². The minimum atomic E-state index is -0.0338. The number of carbonyl (C=O) groups excluding carboxylic acids is 1. The summed E-state index contributed by atoms with van der Waals surface area (Å²) in [5.41, 5.74) is 0.907. The van der Waals surface area contributed by atoms with Crippen molar-refractivity contribution in [2.75, 3.05) is 14.2 Å². The molecular weight excluding hydrogens is 278 g/mol. The van der Waals surface area contributed by atoms with Crippen LogP contribution in [0.5, 0.6) is 11.5 Å². The minimum Gasteiger partial charge on any atom is -0.493 e. The lowest BCUT2D eigenvalue weighted by Gasteiger charge is -2.29. The Hall–Kier alpha value is -1.97. The van der Waals surface area contributed by atoms with Crippen LogP contribution >= 0.6 is 0 Å². The molecule has 1 aromatic rings. The van der Waals surface area contributed by atoms with Gasteiger partial charge >= 0.3 is 0 Å². The third kappa shape index (κ3) is 4.26. The summed E-state index contributed by atoms with van der Waals surface area (Å²) in [7, 11) is 3.20. The Morgan fingerprint density at radius 2 is 1.91 bits per heavy atom. The largest absolute Gasteiger partial charge is 0.493 e. The second kappa shape index (κ2) is 7.87. The van der Waals surface area contributed by atoms with Crippen molar-refractivity contribution < 1.29 is 14.3 Å². The van der Waals surface area contributed by atoms with E-state index in [1.165, 1.54) is 19.3 Å². The van der Waals surface area contributed by atoms with E-state index in [0.29, 0.717) is 23.5 Å². The second-order valence-corrected chi connectivity index (χ2v) is 5.82. The van der Waals surface area contributed by atoms with E-state index >= 15 is 0 Å². The lowest BCUT2D eigenvalue weighted by molar-refractivity contribution is -0.117. The molecule has 22 heavy (non-hydrogen) atoms. The van der Waals surface area contributed by atoms with Gasteiger partial charge in [0.1, 0.15) is 0 Å². The highest BCUT2D eigenvalue weighted by Crippen LogP contribution is 2.28. The van der Waals surface area contributed by atoms with Gasteiger partial charge in [-0.15, -0.1) is 0 Å². The van der Waals surface area contributed by atoms with E-state index < -0.39 is 0 Å². The van der Waals surface area contributed by atoms with Crippen LogP contribution in [0.25, 0.3) is 6.08 Å². The summed E-state index contributed by atoms with van der Waals surface area (Å²) in [4.78, 5) is 12.1. The second-order valence-electron chi connectivity index (χ2n) is 5.82. The Balaban J connectivity index is 1.97. The molecule has 2 rings (SSSR count). The fourth-order valence-corrected chi connectivity index (χ4v) is 2.89. The molecule has 1 aliphatic carbocycles. The monoisotopic (exact) mass is 303 g/mol. The van der Waals surface area contributed by atoms with Crippen LogP contribution < -0.4 is 14.8 Å². The van der Waals surface area contributed by atoms with Gasteiger partial charge in [0, 0.05) is 12.1 Å². The fraction of sp³-hybridized carbons (Fsp3) is 0.500. The predicted molar refractivity (Wildman–Crippen MR) is 88.1 cm³/mol. The molecule has 1 saturated carbocycles. The Labute approximate surface area is 132 Å².